The van der Waals surface area contributed by atoms with Crippen LogP contribution in [-0.4, -0.2) is 20.4 Å². The fourth-order valence-electron chi connectivity index (χ4n) is 1.68. The Kier molecular flexibility index (Phi) is 4.36. The van der Waals surface area contributed by atoms with Crippen molar-refractivity contribution in [1.82, 2.24) is 4.98 Å². The molecule has 0 unspecified atom stereocenters. The Morgan fingerprint density at radius 1 is 1.20 bits per heavy atom. The quantitative estimate of drug-likeness (QED) is 0.774. The lowest BCUT2D eigenvalue weighted by atomic mass is 10.3. The second kappa shape index (κ2) is 5.71. The Hall–Kier alpha value is -1.12. The minimum absolute atomic E-state index is 0.0417. The number of nitrogen functional groups attached to an aromatic ring is 1. The maximum absolute atomic E-state index is 12.7. The van der Waals surface area contributed by atoms with Gasteiger partial charge in [0.25, 0.3) is 10.0 Å². The summed E-state index contributed by atoms with van der Waals surface area (Å²) in [6.07, 6.45) is 3.06. The van der Waals surface area contributed by atoms with Gasteiger partial charge in [0.05, 0.1) is 11.4 Å². The van der Waals surface area contributed by atoms with Gasteiger partial charge in [0.15, 0.2) is 0 Å². The molecule has 2 rings (SSSR count). The van der Waals surface area contributed by atoms with Crippen LogP contribution < -0.4 is 10.0 Å². The SMILES string of the molecule is CN(c1ccncc1)S(=O)(=O)c1c(N)cc(Br)cc1Br. The topological polar surface area (TPSA) is 76.3 Å². The molecule has 0 bridgehead atoms. The Morgan fingerprint density at radius 3 is 2.35 bits per heavy atom. The molecule has 0 radical (unpaired) electrons. The maximum Gasteiger partial charge on any atom is 0.267 e. The molecule has 8 heteroatoms. The summed E-state index contributed by atoms with van der Waals surface area (Å²) in [7, 11) is -2.29. The highest BCUT2D eigenvalue weighted by molar-refractivity contribution is 9.11. The van der Waals surface area contributed by atoms with Crippen molar-refractivity contribution in [3.8, 4) is 0 Å². The summed E-state index contributed by atoms with van der Waals surface area (Å²) < 4.78 is 27.6. The zero-order valence-corrected chi connectivity index (χ0v) is 14.4. The maximum atomic E-state index is 12.7. The Morgan fingerprint density at radius 2 is 1.80 bits per heavy atom. The monoisotopic (exact) mass is 419 g/mol. The van der Waals surface area contributed by atoms with Crippen LogP contribution in [0.2, 0.25) is 0 Å². The van der Waals surface area contributed by atoms with Crippen molar-refractivity contribution < 1.29 is 8.42 Å². The van der Waals surface area contributed by atoms with Crippen molar-refractivity contribution in [3.05, 3.63) is 45.6 Å². The van der Waals surface area contributed by atoms with Crippen LogP contribution in [0.4, 0.5) is 11.4 Å². The van der Waals surface area contributed by atoms with Crippen molar-refractivity contribution in [2.24, 2.45) is 0 Å². The highest BCUT2D eigenvalue weighted by atomic mass is 79.9. The molecule has 0 aliphatic carbocycles. The van der Waals surface area contributed by atoms with Gasteiger partial charge >= 0.3 is 0 Å². The molecule has 106 valence electrons. The van der Waals surface area contributed by atoms with Gasteiger partial charge in [-0.15, -0.1) is 0 Å². The van der Waals surface area contributed by atoms with E-state index >= 15 is 0 Å². The van der Waals surface area contributed by atoms with Gasteiger partial charge in [-0.05, 0) is 40.2 Å². The highest BCUT2D eigenvalue weighted by Gasteiger charge is 2.26. The van der Waals surface area contributed by atoms with E-state index in [-0.39, 0.29) is 10.6 Å². The van der Waals surface area contributed by atoms with Crippen molar-refractivity contribution >= 4 is 53.3 Å². The fourth-order valence-corrected chi connectivity index (χ4v) is 4.89. The first-order chi connectivity index (χ1) is 9.34. The predicted molar refractivity (Wildman–Crippen MR) is 86.1 cm³/mol. The van der Waals surface area contributed by atoms with E-state index in [4.69, 9.17) is 5.73 Å². The fraction of sp³-hybridized carbons (Fsp3) is 0.0833. The zero-order valence-electron chi connectivity index (χ0n) is 10.4. The highest BCUT2D eigenvalue weighted by Crippen LogP contribution is 2.34. The van der Waals surface area contributed by atoms with Gasteiger partial charge < -0.3 is 5.73 Å². The van der Waals surface area contributed by atoms with Crippen LogP contribution in [0, 0.1) is 0 Å². The zero-order chi connectivity index (χ0) is 14.9. The van der Waals surface area contributed by atoms with E-state index in [1.165, 1.54) is 23.7 Å². The molecule has 0 amide bonds. The third kappa shape index (κ3) is 2.82. The molecule has 0 saturated heterocycles. The molecule has 0 fully saturated rings. The number of rotatable bonds is 3. The molecule has 1 aromatic heterocycles. The standard InChI is InChI=1S/C12H11Br2N3O2S/c1-17(9-2-4-16-5-3-9)20(18,19)12-10(14)6-8(13)7-11(12)15/h2-7H,15H2,1H3. The van der Waals surface area contributed by atoms with E-state index in [0.29, 0.717) is 14.6 Å². The molecular formula is C12H11Br2N3O2S. The number of pyridine rings is 1. The normalized spacial score (nSPS) is 11.3. The molecule has 0 spiro atoms. The van der Waals surface area contributed by atoms with E-state index in [2.05, 4.69) is 36.8 Å². The van der Waals surface area contributed by atoms with E-state index in [1.54, 1.807) is 24.3 Å². The van der Waals surface area contributed by atoms with Crippen LogP contribution in [0.15, 0.2) is 50.5 Å². The average molecular weight is 421 g/mol. The van der Waals surface area contributed by atoms with E-state index < -0.39 is 10.0 Å². The lowest BCUT2D eigenvalue weighted by Gasteiger charge is -2.21. The third-order valence-electron chi connectivity index (χ3n) is 2.68. The average Bonchev–Trinajstić information content (AvgIpc) is 2.37. The van der Waals surface area contributed by atoms with Crippen molar-refractivity contribution in [3.63, 3.8) is 0 Å². The summed E-state index contributed by atoms with van der Waals surface area (Å²) in [5.74, 6) is 0. The Balaban J connectivity index is 2.57. The molecule has 1 heterocycles. The third-order valence-corrected chi connectivity index (χ3v) is 5.93. The van der Waals surface area contributed by atoms with E-state index in [1.807, 2.05) is 0 Å². The molecule has 0 atom stereocenters. The summed E-state index contributed by atoms with van der Waals surface area (Å²) in [6.45, 7) is 0. The van der Waals surface area contributed by atoms with E-state index in [9.17, 15) is 8.42 Å². The van der Waals surface area contributed by atoms with Gasteiger partial charge in [-0.1, -0.05) is 15.9 Å². The van der Waals surface area contributed by atoms with Crippen molar-refractivity contribution in [1.29, 1.82) is 0 Å². The van der Waals surface area contributed by atoms with Crippen LogP contribution in [0.5, 0.6) is 0 Å². The number of nitrogens with zero attached hydrogens (tertiary/aromatic N) is 2. The number of hydrogen-bond acceptors (Lipinski definition) is 4. The Labute approximate surface area is 134 Å². The van der Waals surface area contributed by atoms with Crippen LogP contribution in [0.25, 0.3) is 0 Å². The molecule has 2 N–H and O–H groups in total. The largest absolute Gasteiger partial charge is 0.398 e. The number of benzene rings is 1. The van der Waals surface area contributed by atoms with Crippen molar-refractivity contribution in [2.75, 3.05) is 17.1 Å². The number of hydrogen-bond donors (Lipinski definition) is 1. The number of nitrogens with two attached hydrogens (primary N) is 1. The summed E-state index contributed by atoms with van der Waals surface area (Å²) in [5, 5.41) is 0. The number of halogens is 2. The number of sulfonamides is 1. The van der Waals surface area contributed by atoms with Crippen LogP contribution >= 0.6 is 31.9 Å². The molecular weight excluding hydrogens is 410 g/mol. The van der Waals surface area contributed by atoms with Crippen LogP contribution in [0.1, 0.15) is 0 Å². The number of aromatic nitrogens is 1. The second-order valence-corrected chi connectivity index (χ2v) is 7.66. The number of anilines is 2. The van der Waals surface area contributed by atoms with Gasteiger partial charge in [-0.2, -0.15) is 0 Å². The first kappa shape index (κ1) is 15.3. The summed E-state index contributed by atoms with van der Waals surface area (Å²) in [4.78, 5) is 3.91. The van der Waals surface area contributed by atoms with Gasteiger partial charge in [0.1, 0.15) is 4.90 Å². The first-order valence-electron chi connectivity index (χ1n) is 5.47. The van der Waals surface area contributed by atoms with Crippen LogP contribution in [0.3, 0.4) is 0 Å². The lowest BCUT2D eigenvalue weighted by molar-refractivity contribution is 0.594. The molecule has 0 saturated carbocycles. The van der Waals surface area contributed by atoms with Crippen molar-refractivity contribution in [2.45, 2.75) is 4.90 Å². The van der Waals surface area contributed by atoms with Gasteiger partial charge in [0.2, 0.25) is 0 Å². The molecule has 0 aliphatic heterocycles. The summed E-state index contributed by atoms with van der Waals surface area (Å²) >= 11 is 6.52. The first-order valence-corrected chi connectivity index (χ1v) is 8.50. The van der Waals surface area contributed by atoms with Crippen LogP contribution in [-0.2, 0) is 10.0 Å². The summed E-state index contributed by atoms with van der Waals surface area (Å²) in [6, 6.07) is 6.42. The minimum atomic E-state index is -3.76. The molecule has 20 heavy (non-hydrogen) atoms. The predicted octanol–water partition coefficient (Wildman–Crippen LogP) is 3.01. The molecule has 5 nitrogen and oxygen atoms in total. The molecule has 1 aromatic carbocycles. The summed E-state index contributed by atoms with van der Waals surface area (Å²) in [5.41, 5.74) is 6.53. The van der Waals surface area contributed by atoms with E-state index in [0.717, 1.165) is 0 Å². The smallest absolute Gasteiger partial charge is 0.267 e. The van der Waals surface area contributed by atoms with Gasteiger partial charge in [-0.3, -0.25) is 9.29 Å². The lowest BCUT2D eigenvalue weighted by Crippen LogP contribution is -2.27. The molecule has 2 aromatic rings. The second-order valence-electron chi connectivity index (χ2n) is 3.98. The van der Waals surface area contributed by atoms with Gasteiger partial charge in [0, 0.05) is 28.4 Å². The Bertz CT molecular complexity index is 713. The molecule has 0 aliphatic rings. The minimum Gasteiger partial charge on any atom is -0.398 e. The van der Waals surface area contributed by atoms with Gasteiger partial charge in [-0.25, -0.2) is 8.42 Å².